The summed E-state index contributed by atoms with van der Waals surface area (Å²) >= 11 is 0. The molecule has 0 spiro atoms. The van der Waals surface area contributed by atoms with Crippen molar-refractivity contribution < 1.29 is 0 Å². The molecule has 0 amide bonds. The maximum absolute atomic E-state index is 2.59. The minimum Gasteiger partial charge on any atom is -0.297 e. The Labute approximate surface area is 154 Å². The Morgan fingerprint density at radius 2 is 0.880 bits per heavy atom. The minimum atomic E-state index is 0.446. The average Bonchev–Trinajstić information content (AvgIpc) is 2.69. The van der Waals surface area contributed by atoms with Gasteiger partial charge in [0.2, 0.25) is 0 Å². The van der Waals surface area contributed by atoms with Crippen molar-refractivity contribution in [1.82, 2.24) is 9.80 Å². The largest absolute Gasteiger partial charge is 0.297 e. The summed E-state index contributed by atoms with van der Waals surface area (Å²) in [6, 6.07) is 22.9. The second kappa shape index (κ2) is 10.4. The zero-order valence-electron chi connectivity index (χ0n) is 16.4. The summed E-state index contributed by atoms with van der Waals surface area (Å²) in [4.78, 5) is 5.18. The lowest BCUT2D eigenvalue weighted by Crippen LogP contribution is -2.35. The predicted octanol–water partition coefficient (Wildman–Crippen LogP) is 5.54. The first-order chi connectivity index (χ1) is 12.2. The van der Waals surface area contributed by atoms with E-state index in [0.29, 0.717) is 12.1 Å². The summed E-state index contributed by atoms with van der Waals surface area (Å²) in [7, 11) is 0. The van der Waals surface area contributed by atoms with Gasteiger partial charge in [-0.1, -0.05) is 88.4 Å². The van der Waals surface area contributed by atoms with Crippen LogP contribution in [0.25, 0.3) is 0 Å². The fraction of sp³-hybridized carbons (Fsp3) is 0.478. The normalized spacial score (nSPS) is 14.0. The van der Waals surface area contributed by atoms with Crippen LogP contribution in [0.3, 0.4) is 0 Å². The highest BCUT2D eigenvalue weighted by molar-refractivity contribution is 5.23. The second-order valence-electron chi connectivity index (χ2n) is 6.53. The Morgan fingerprint density at radius 1 is 0.560 bits per heavy atom. The first kappa shape index (κ1) is 19.7. The standard InChI is InChI=1S/C23H34N2/c1-5-24(6-2)22(20-15-11-9-12-16-20)19-23(25(7-3)8-4)21-17-13-10-14-18-21/h9-18,22-23H,5-8,19H2,1-4H3/t22-,23+. The summed E-state index contributed by atoms with van der Waals surface area (Å²) < 4.78 is 0. The molecule has 2 atom stereocenters. The molecular weight excluding hydrogens is 304 g/mol. The van der Waals surface area contributed by atoms with E-state index in [1.54, 1.807) is 0 Å². The fourth-order valence-corrected chi connectivity index (χ4v) is 3.88. The van der Waals surface area contributed by atoms with E-state index in [1.165, 1.54) is 11.1 Å². The van der Waals surface area contributed by atoms with Crippen LogP contribution in [0.5, 0.6) is 0 Å². The summed E-state index contributed by atoms with van der Waals surface area (Å²) in [6.45, 7) is 13.4. The first-order valence-corrected chi connectivity index (χ1v) is 9.82. The molecule has 2 heteroatoms. The van der Waals surface area contributed by atoms with E-state index in [2.05, 4.69) is 98.2 Å². The Bertz CT molecular complexity index is 520. The molecule has 0 bridgehead atoms. The highest BCUT2D eigenvalue weighted by Gasteiger charge is 2.26. The highest BCUT2D eigenvalue weighted by atomic mass is 15.2. The van der Waals surface area contributed by atoms with Crippen LogP contribution in [0.15, 0.2) is 60.7 Å². The second-order valence-corrected chi connectivity index (χ2v) is 6.53. The van der Waals surface area contributed by atoms with Gasteiger partial charge in [0.15, 0.2) is 0 Å². The average molecular weight is 339 g/mol. The van der Waals surface area contributed by atoms with Crippen LogP contribution in [0.4, 0.5) is 0 Å². The molecule has 2 rings (SSSR count). The van der Waals surface area contributed by atoms with Crippen molar-refractivity contribution in [3.05, 3.63) is 71.8 Å². The molecule has 0 heterocycles. The van der Waals surface area contributed by atoms with E-state index in [1.807, 2.05) is 0 Å². The Hall–Kier alpha value is -1.64. The quantitative estimate of drug-likeness (QED) is 0.561. The maximum atomic E-state index is 2.59. The van der Waals surface area contributed by atoms with Crippen molar-refractivity contribution in [2.45, 2.75) is 46.2 Å². The summed E-state index contributed by atoms with van der Waals surface area (Å²) in [5, 5.41) is 0. The lowest BCUT2D eigenvalue weighted by atomic mass is 9.92. The van der Waals surface area contributed by atoms with Gasteiger partial charge in [0.05, 0.1) is 0 Å². The monoisotopic (exact) mass is 338 g/mol. The topological polar surface area (TPSA) is 6.48 Å². The molecular formula is C23H34N2. The van der Waals surface area contributed by atoms with Crippen molar-refractivity contribution in [1.29, 1.82) is 0 Å². The first-order valence-electron chi connectivity index (χ1n) is 9.82. The number of nitrogens with zero attached hydrogens (tertiary/aromatic N) is 2. The van der Waals surface area contributed by atoms with Crippen molar-refractivity contribution >= 4 is 0 Å². The van der Waals surface area contributed by atoms with E-state index in [-0.39, 0.29) is 0 Å². The van der Waals surface area contributed by atoms with Crippen LogP contribution in [-0.4, -0.2) is 36.0 Å². The third-order valence-electron chi connectivity index (χ3n) is 5.32. The zero-order chi connectivity index (χ0) is 18.1. The molecule has 0 aromatic heterocycles. The maximum Gasteiger partial charge on any atom is 0.0366 e. The zero-order valence-corrected chi connectivity index (χ0v) is 16.4. The molecule has 0 saturated heterocycles. The van der Waals surface area contributed by atoms with Crippen LogP contribution in [0.1, 0.15) is 57.3 Å². The van der Waals surface area contributed by atoms with Gasteiger partial charge in [-0.3, -0.25) is 9.80 Å². The van der Waals surface area contributed by atoms with Gasteiger partial charge in [0, 0.05) is 12.1 Å². The molecule has 0 aliphatic heterocycles. The summed E-state index contributed by atoms with van der Waals surface area (Å²) in [6.07, 6.45) is 1.12. The number of benzene rings is 2. The van der Waals surface area contributed by atoms with Crippen LogP contribution < -0.4 is 0 Å². The van der Waals surface area contributed by atoms with Gasteiger partial charge >= 0.3 is 0 Å². The Balaban J connectivity index is 2.37. The van der Waals surface area contributed by atoms with Crippen LogP contribution in [0.2, 0.25) is 0 Å². The fourth-order valence-electron chi connectivity index (χ4n) is 3.88. The molecule has 0 radical (unpaired) electrons. The van der Waals surface area contributed by atoms with Crippen molar-refractivity contribution in [2.24, 2.45) is 0 Å². The van der Waals surface area contributed by atoms with E-state index in [4.69, 9.17) is 0 Å². The molecule has 0 saturated carbocycles. The molecule has 0 aliphatic rings. The number of hydrogen-bond donors (Lipinski definition) is 0. The van der Waals surface area contributed by atoms with Gasteiger partial charge in [-0.25, -0.2) is 0 Å². The van der Waals surface area contributed by atoms with Gasteiger partial charge in [-0.05, 0) is 43.7 Å². The van der Waals surface area contributed by atoms with Crippen LogP contribution >= 0.6 is 0 Å². The van der Waals surface area contributed by atoms with E-state index >= 15 is 0 Å². The van der Waals surface area contributed by atoms with Gasteiger partial charge in [-0.2, -0.15) is 0 Å². The summed E-state index contributed by atoms with van der Waals surface area (Å²) in [5.41, 5.74) is 2.86. The lowest BCUT2D eigenvalue weighted by molar-refractivity contribution is 0.136. The smallest absolute Gasteiger partial charge is 0.0366 e. The van der Waals surface area contributed by atoms with Crippen LogP contribution in [0, 0.1) is 0 Å². The lowest BCUT2D eigenvalue weighted by Gasteiger charge is -2.37. The van der Waals surface area contributed by atoms with E-state index in [9.17, 15) is 0 Å². The molecule has 2 aromatic carbocycles. The van der Waals surface area contributed by atoms with Crippen LogP contribution in [-0.2, 0) is 0 Å². The van der Waals surface area contributed by atoms with E-state index < -0.39 is 0 Å². The molecule has 0 fully saturated rings. The molecule has 0 N–H and O–H groups in total. The highest BCUT2D eigenvalue weighted by Crippen LogP contribution is 2.34. The Morgan fingerprint density at radius 3 is 1.16 bits per heavy atom. The predicted molar refractivity (Wildman–Crippen MR) is 109 cm³/mol. The molecule has 0 aliphatic carbocycles. The van der Waals surface area contributed by atoms with Gasteiger partial charge < -0.3 is 0 Å². The molecule has 25 heavy (non-hydrogen) atoms. The van der Waals surface area contributed by atoms with Crippen molar-refractivity contribution in [2.75, 3.05) is 26.2 Å². The van der Waals surface area contributed by atoms with Gasteiger partial charge in [0.25, 0.3) is 0 Å². The molecule has 136 valence electrons. The number of hydrogen-bond acceptors (Lipinski definition) is 2. The van der Waals surface area contributed by atoms with Gasteiger partial charge in [-0.15, -0.1) is 0 Å². The molecule has 2 aromatic rings. The SMILES string of the molecule is CCN(CC)[C@H](C[C@@H](c1ccccc1)N(CC)CC)c1ccccc1. The van der Waals surface area contributed by atoms with Crippen molar-refractivity contribution in [3.8, 4) is 0 Å². The van der Waals surface area contributed by atoms with Crippen molar-refractivity contribution in [3.63, 3.8) is 0 Å². The third kappa shape index (κ3) is 5.17. The van der Waals surface area contributed by atoms with Gasteiger partial charge in [0.1, 0.15) is 0 Å². The summed E-state index contributed by atoms with van der Waals surface area (Å²) in [5.74, 6) is 0. The Kier molecular flexibility index (Phi) is 8.17. The minimum absolute atomic E-state index is 0.446. The number of rotatable bonds is 10. The van der Waals surface area contributed by atoms with E-state index in [0.717, 1.165) is 32.6 Å². The molecule has 0 unspecified atom stereocenters. The molecule has 2 nitrogen and oxygen atoms in total. The third-order valence-corrected chi connectivity index (χ3v) is 5.32.